The Labute approximate surface area is 221 Å². The largest absolute Gasteiger partial charge is 0.322 e. The number of nitrogens with one attached hydrogen (secondary N) is 2. The summed E-state index contributed by atoms with van der Waals surface area (Å²) in [6, 6.07) is 27.4. The highest BCUT2D eigenvalue weighted by molar-refractivity contribution is 7.98. The zero-order valence-electron chi connectivity index (χ0n) is 19.8. The van der Waals surface area contributed by atoms with Gasteiger partial charge in [0.15, 0.2) is 0 Å². The maximum Gasteiger partial charge on any atom is 0.263 e. The van der Waals surface area contributed by atoms with Crippen LogP contribution in [0.4, 0.5) is 11.4 Å². The molecule has 0 spiro atoms. The summed E-state index contributed by atoms with van der Waals surface area (Å²) < 4.78 is 28.8. The van der Waals surface area contributed by atoms with Crippen LogP contribution in [0, 0.1) is 13.8 Å². The smallest absolute Gasteiger partial charge is 0.263 e. The molecule has 0 aromatic heterocycles. The van der Waals surface area contributed by atoms with Gasteiger partial charge in [0, 0.05) is 21.9 Å². The summed E-state index contributed by atoms with van der Waals surface area (Å²) >= 11 is 7.96. The Kier molecular flexibility index (Phi) is 8.04. The lowest BCUT2D eigenvalue weighted by Crippen LogP contribution is -2.17. The number of thioether (sulfide) groups is 1. The molecule has 4 aromatic rings. The van der Waals surface area contributed by atoms with Crippen LogP contribution < -0.4 is 10.0 Å². The minimum absolute atomic E-state index is 0.0321. The van der Waals surface area contributed by atoms with Crippen LogP contribution in [0.25, 0.3) is 0 Å². The molecule has 184 valence electrons. The first kappa shape index (κ1) is 25.8. The second-order valence-corrected chi connectivity index (χ2v) is 11.4. The first-order valence-electron chi connectivity index (χ1n) is 11.2. The lowest BCUT2D eigenvalue weighted by atomic mass is 10.1. The summed E-state index contributed by atoms with van der Waals surface area (Å²) in [4.78, 5) is 13.9. The number of aryl methyl sites for hydroxylation is 2. The molecule has 0 saturated heterocycles. The topological polar surface area (TPSA) is 75.3 Å². The van der Waals surface area contributed by atoms with E-state index in [1.54, 1.807) is 17.8 Å². The molecule has 4 rings (SSSR count). The summed E-state index contributed by atoms with van der Waals surface area (Å²) in [5, 5.41) is 2.85. The number of hydrogen-bond donors (Lipinski definition) is 2. The Morgan fingerprint density at radius 3 is 2.33 bits per heavy atom. The van der Waals surface area contributed by atoms with Gasteiger partial charge in [-0.25, -0.2) is 8.42 Å². The van der Waals surface area contributed by atoms with Crippen LogP contribution in [0.3, 0.4) is 0 Å². The fraction of sp³-hybridized carbons (Fsp3) is 0.107. The fourth-order valence-electron chi connectivity index (χ4n) is 3.47. The predicted molar refractivity (Wildman–Crippen MR) is 149 cm³/mol. The van der Waals surface area contributed by atoms with Gasteiger partial charge in [-0.15, -0.1) is 11.8 Å². The van der Waals surface area contributed by atoms with Gasteiger partial charge in [-0.3, -0.25) is 9.52 Å². The molecule has 36 heavy (non-hydrogen) atoms. The van der Waals surface area contributed by atoms with Gasteiger partial charge in [0.2, 0.25) is 0 Å². The van der Waals surface area contributed by atoms with Crippen molar-refractivity contribution in [1.29, 1.82) is 0 Å². The van der Waals surface area contributed by atoms with Gasteiger partial charge in [0.05, 0.1) is 10.7 Å². The van der Waals surface area contributed by atoms with E-state index in [-0.39, 0.29) is 15.5 Å². The number of benzene rings is 4. The molecule has 8 heteroatoms. The molecule has 1 amide bonds. The van der Waals surface area contributed by atoms with Crippen molar-refractivity contribution in [3.8, 4) is 0 Å². The highest BCUT2D eigenvalue weighted by Crippen LogP contribution is 2.28. The minimum Gasteiger partial charge on any atom is -0.322 e. The van der Waals surface area contributed by atoms with Gasteiger partial charge >= 0.3 is 0 Å². The Hall–Kier alpha value is -3.26. The molecule has 0 saturated carbocycles. The molecule has 4 aromatic carbocycles. The van der Waals surface area contributed by atoms with E-state index in [1.165, 1.54) is 23.1 Å². The Morgan fingerprint density at radius 2 is 1.61 bits per heavy atom. The second kappa shape index (κ2) is 11.2. The van der Waals surface area contributed by atoms with E-state index in [0.29, 0.717) is 11.4 Å². The van der Waals surface area contributed by atoms with Crippen molar-refractivity contribution in [2.24, 2.45) is 0 Å². The normalized spacial score (nSPS) is 11.2. The minimum atomic E-state index is -4.01. The molecule has 0 unspecified atom stereocenters. The van der Waals surface area contributed by atoms with Gasteiger partial charge in [0.1, 0.15) is 4.90 Å². The van der Waals surface area contributed by atoms with Crippen LogP contribution >= 0.6 is 23.4 Å². The Morgan fingerprint density at radius 1 is 0.889 bits per heavy atom. The number of rotatable bonds is 8. The van der Waals surface area contributed by atoms with E-state index in [2.05, 4.69) is 22.2 Å². The molecule has 0 atom stereocenters. The second-order valence-electron chi connectivity index (χ2n) is 8.32. The molecule has 0 radical (unpaired) electrons. The third-order valence-electron chi connectivity index (χ3n) is 5.48. The number of halogens is 1. The molecule has 5 nitrogen and oxygen atoms in total. The predicted octanol–water partition coefficient (Wildman–Crippen LogP) is 7.30. The monoisotopic (exact) mass is 536 g/mol. The van der Waals surface area contributed by atoms with E-state index < -0.39 is 15.9 Å². The average molecular weight is 537 g/mol. The van der Waals surface area contributed by atoms with Crippen LogP contribution in [0.5, 0.6) is 0 Å². The van der Waals surface area contributed by atoms with E-state index >= 15 is 0 Å². The van der Waals surface area contributed by atoms with E-state index in [9.17, 15) is 13.2 Å². The molecule has 0 aliphatic carbocycles. The van der Waals surface area contributed by atoms with Gasteiger partial charge in [0.25, 0.3) is 15.9 Å². The van der Waals surface area contributed by atoms with Crippen LogP contribution in [0.1, 0.15) is 27.0 Å². The van der Waals surface area contributed by atoms with Crippen molar-refractivity contribution < 1.29 is 13.2 Å². The first-order valence-corrected chi connectivity index (χ1v) is 14.0. The summed E-state index contributed by atoms with van der Waals surface area (Å²) in [5.74, 6) is 0.380. The zero-order chi connectivity index (χ0) is 25.7. The first-order chi connectivity index (χ1) is 17.2. The fourth-order valence-corrected chi connectivity index (χ4v) is 5.99. The lowest BCUT2D eigenvalue weighted by Gasteiger charge is -2.13. The molecule has 0 bridgehead atoms. The maximum atomic E-state index is 13.1. The van der Waals surface area contributed by atoms with Crippen molar-refractivity contribution >= 4 is 50.7 Å². The number of carbonyl (C=O) groups excluding carboxylic acids is 1. The number of carbonyl (C=O) groups is 1. The maximum absolute atomic E-state index is 13.1. The van der Waals surface area contributed by atoms with Crippen molar-refractivity contribution in [3.63, 3.8) is 0 Å². The van der Waals surface area contributed by atoms with Gasteiger partial charge in [-0.2, -0.15) is 0 Å². The van der Waals surface area contributed by atoms with Crippen molar-refractivity contribution in [2.75, 3.05) is 10.0 Å². The van der Waals surface area contributed by atoms with Crippen LogP contribution in [-0.2, 0) is 15.8 Å². The van der Waals surface area contributed by atoms with E-state index in [0.717, 1.165) is 22.4 Å². The van der Waals surface area contributed by atoms with Crippen LogP contribution in [0.2, 0.25) is 5.02 Å². The Balaban J connectivity index is 1.46. The van der Waals surface area contributed by atoms with Crippen molar-refractivity contribution in [2.45, 2.75) is 29.4 Å². The SMILES string of the molecule is Cc1ccc(C)c(NS(=O)(=O)c2cc(C(=O)Nc3ccc(CSc4ccccc4)cc3)ccc2Cl)c1. The van der Waals surface area contributed by atoms with Crippen molar-refractivity contribution in [3.05, 3.63) is 118 Å². The summed E-state index contributed by atoms with van der Waals surface area (Å²) in [6.45, 7) is 3.69. The number of anilines is 2. The Bertz CT molecular complexity index is 1490. The molecule has 0 fully saturated rings. The molecular weight excluding hydrogens is 512 g/mol. The third kappa shape index (κ3) is 6.49. The summed E-state index contributed by atoms with van der Waals surface area (Å²) in [5.41, 5.74) is 4.08. The number of amides is 1. The van der Waals surface area contributed by atoms with Gasteiger partial charge < -0.3 is 5.32 Å². The van der Waals surface area contributed by atoms with Crippen molar-refractivity contribution in [1.82, 2.24) is 0 Å². The highest BCUT2D eigenvalue weighted by atomic mass is 35.5. The number of sulfonamides is 1. The quantitative estimate of drug-likeness (QED) is 0.232. The number of hydrogen-bond acceptors (Lipinski definition) is 4. The molecule has 2 N–H and O–H groups in total. The standard InChI is InChI=1S/C28H25ClN2O3S2/c1-19-8-9-20(2)26(16-19)31-36(33,34)27-17-22(12-15-25(27)29)28(32)30-23-13-10-21(11-14-23)18-35-24-6-4-3-5-7-24/h3-17,31H,18H2,1-2H3,(H,30,32). The summed E-state index contributed by atoms with van der Waals surface area (Å²) in [6.07, 6.45) is 0. The summed E-state index contributed by atoms with van der Waals surface area (Å²) in [7, 11) is -4.01. The zero-order valence-corrected chi connectivity index (χ0v) is 22.2. The highest BCUT2D eigenvalue weighted by Gasteiger charge is 2.21. The molecule has 0 heterocycles. The van der Waals surface area contributed by atoms with Gasteiger partial charge in [-0.1, -0.05) is 54.1 Å². The van der Waals surface area contributed by atoms with E-state index in [4.69, 9.17) is 11.6 Å². The molecule has 0 aliphatic heterocycles. The molecule has 0 aliphatic rings. The molecular formula is C28H25ClN2O3S2. The van der Waals surface area contributed by atoms with Crippen LogP contribution in [-0.4, -0.2) is 14.3 Å². The lowest BCUT2D eigenvalue weighted by molar-refractivity contribution is 0.102. The van der Waals surface area contributed by atoms with Crippen LogP contribution in [0.15, 0.2) is 101 Å². The van der Waals surface area contributed by atoms with E-state index in [1.807, 2.05) is 68.4 Å². The third-order valence-corrected chi connectivity index (χ3v) is 8.41. The van der Waals surface area contributed by atoms with Gasteiger partial charge in [-0.05, 0) is 79.1 Å². The average Bonchev–Trinajstić information content (AvgIpc) is 2.86.